The van der Waals surface area contributed by atoms with Crippen molar-refractivity contribution in [2.75, 3.05) is 18.8 Å². The normalized spacial score (nSPS) is 13.3. The number of fused-ring (bicyclic) bond motifs is 1. The first kappa shape index (κ1) is 24.2. The van der Waals surface area contributed by atoms with Gasteiger partial charge in [0.25, 0.3) is 0 Å². The van der Waals surface area contributed by atoms with Crippen LogP contribution in [0.3, 0.4) is 0 Å². The molecule has 1 aromatic carbocycles. The van der Waals surface area contributed by atoms with Crippen LogP contribution in [0.5, 0.6) is 0 Å². The van der Waals surface area contributed by atoms with Crippen molar-refractivity contribution in [1.82, 2.24) is 34.4 Å². The molecule has 4 heterocycles. The Morgan fingerprint density at radius 1 is 1.03 bits per heavy atom. The first-order valence-corrected chi connectivity index (χ1v) is 11.7. The van der Waals surface area contributed by atoms with Gasteiger partial charge in [-0.15, -0.1) is 0 Å². The number of aromatic amines is 2. The number of anilines is 1. The van der Waals surface area contributed by atoms with Crippen molar-refractivity contribution in [2.45, 2.75) is 53.6 Å². The lowest BCUT2D eigenvalue weighted by molar-refractivity contribution is 0.331. The maximum atomic E-state index is 12.6. The van der Waals surface area contributed by atoms with Gasteiger partial charge in [0.2, 0.25) is 0 Å². The molecule has 9 nitrogen and oxygen atoms in total. The predicted octanol–water partition coefficient (Wildman–Crippen LogP) is 3.79. The standard InChI is InChI=1S/C20H22N8O.2C2H6/c21-16-15-19(26-18(25-16)17-22-6-7-23-17)28(20(29)24-15)12-14-5-3-4-13(10-14)11-27-8-1-2-9-27;2*1-2/h3-7,10H,1-2,8-9,11-12H2,(H,22,23)(H,24,29)(H2,21,25,26);2*1-2H3. The van der Waals surface area contributed by atoms with E-state index in [1.165, 1.54) is 18.4 Å². The molecule has 0 spiro atoms. The third kappa shape index (κ3) is 5.48. The van der Waals surface area contributed by atoms with Crippen LogP contribution in [0.15, 0.2) is 41.5 Å². The average molecular weight is 451 g/mol. The van der Waals surface area contributed by atoms with Crippen molar-refractivity contribution >= 4 is 17.0 Å². The number of hydrogen-bond donors (Lipinski definition) is 3. The fraction of sp³-hybridized carbons (Fsp3) is 0.417. The third-order valence-electron chi connectivity index (χ3n) is 5.30. The topological polar surface area (TPSA) is 122 Å². The van der Waals surface area contributed by atoms with Crippen molar-refractivity contribution in [1.29, 1.82) is 0 Å². The van der Waals surface area contributed by atoms with E-state index < -0.39 is 0 Å². The van der Waals surface area contributed by atoms with E-state index in [0.29, 0.717) is 29.4 Å². The summed E-state index contributed by atoms with van der Waals surface area (Å²) in [4.78, 5) is 33.8. The molecule has 33 heavy (non-hydrogen) atoms. The summed E-state index contributed by atoms with van der Waals surface area (Å²) in [6.07, 6.45) is 5.84. The van der Waals surface area contributed by atoms with Gasteiger partial charge in [-0.05, 0) is 37.1 Å². The highest BCUT2D eigenvalue weighted by atomic mass is 16.1. The minimum Gasteiger partial charge on any atom is -0.382 e. The number of H-pyrrole nitrogens is 2. The van der Waals surface area contributed by atoms with Crippen LogP contribution in [0.1, 0.15) is 51.7 Å². The number of rotatable bonds is 5. The monoisotopic (exact) mass is 450 g/mol. The summed E-state index contributed by atoms with van der Waals surface area (Å²) >= 11 is 0. The molecule has 4 aromatic rings. The molecule has 1 aliphatic heterocycles. The van der Waals surface area contributed by atoms with Gasteiger partial charge in [-0.25, -0.2) is 19.7 Å². The van der Waals surface area contributed by atoms with Crippen LogP contribution in [0.25, 0.3) is 22.8 Å². The molecule has 3 aromatic heterocycles. The van der Waals surface area contributed by atoms with Crippen molar-refractivity contribution in [3.8, 4) is 11.6 Å². The maximum Gasteiger partial charge on any atom is 0.328 e. The van der Waals surface area contributed by atoms with Gasteiger partial charge in [-0.1, -0.05) is 52.0 Å². The highest BCUT2D eigenvalue weighted by molar-refractivity contribution is 5.83. The maximum absolute atomic E-state index is 12.6. The second kappa shape index (κ2) is 11.4. The number of nitrogens with zero attached hydrogens (tertiary/aromatic N) is 5. The van der Waals surface area contributed by atoms with Gasteiger partial charge < -0.3 is 15.7 Å². The summed E-state index contributed by atoms with van der Waals surface area (Å²) < 4.78 is 1.59. The zero-order chi connectivity index (χ0) is 23.8. The van der Waals surface area contributed by atoms with Gasteiger partial charge in [0.15, 0.2) is 23.1 Å². The van der Waals surface area contributed by atoms with Crippen LogP contribution in [-0.4, -0.2) is 47.5 Å². The van der Waals surface area contributed by atoms with E-state index in [-0.39, 0.29) is 11.5 Å². The molecule has 0 atom stereocenters. The van der Waals surface area contributed by atoms with Gasteiger partial charge in [-0.3, -0.25) is 9.47 Å². The highest BCUT2D eigenvalue weighted by Crippen LogP contribution is 2.20. The van der Waals surface area contributed by atoms with Crippen LogP contribution in [0.2, 0.25) is 0 Å². The number of nitrogens with two attached hydrogens (primary N) is 1. The van der Waals surface area contributed by atoms with Crippen LogP contribution >= 0.6 is 0 Å². The van der Waals surface area contributed by atoms with E-state index in [1.807, 2.05) is 39.8 Å². The molecule has 0 amide bonds. The molecule has 5 rings (SSSR count). The number of hydrogen-bond acceptors (Lipinski definition) is 6. The summed E-state index contributed by atoms with van der Waals surface area (Å²) in [7, 11) is 0. The number of likely N-dealkylation sites (tertiary alicyclic amines) is 1. The van der Waals surface area contributed by atoms with E-state index in [2.05, 4.69) is 42.0 Å². The lowest BCUT2D eigenvalue weighted by Gasteiger charge is -2.15. The Hall–Kier alpha value is -3.46. The molecule has 0 radical (unpaired) electrons. The molecule has 1 aliphatic rings. The van der Waals surface area contributed by atoms with E-state index in [4.69, 9.17) is 5.73 Å². The largest absolute Gasteiger partial charge is 0.382 e. The van der Waals surface area contributed by atoms with E-state index in [1.54, 1.807) is 17.0 Å². The van der Waals surface area contributed by atoms with E-state index in [0.717, 1.165) is 25.2 Å². The average Bonchev–Trinajstić information content (AvgIpc) is 3.61. The SMILES string of the molecule is CC.CC.Nc1nc(-c2ncc[nH]2)nc2c1[nH]c(=O)n2Cc1cccc(CN2CCCC2)c1. The molecular formula is C24H34N8O. The highest BCUT2D eigenvalue weighted by Gasteiger charge is 2.16. The first-order chi connectivity index (χ1) is 16.2. The lowest BCUT2D eigenvalue weighted by Crippen LogP contribution is -2.19. The number of aromatic nitrogens is 6. The zero-order valence-electron chi connectivity index (χ0n) is 19.9. The first-order valence-electron chi connectivity index (χ1n) is 11.7. The smallest absolute Gasteiger partial charge is 0.328 e. The summed E-state index contributed by atoms with van der Waals surface area (Å²) in [5.74, 6) is 1.09. The Kier molecular flexibility index (Phi) is 8.37. The summed E-state index contributed by atoms with van der Waals surface area (Å²) in [6.45, 7) is 11.6. The third-order valence-corrected chi connectivity index (χ3v) is 5.30. The minimum atomic E-state index is -0.262. The van der Waals surface area contributed by atoms with Gasteiger partial charge in [0.05, 0.1) is 6.54 Å². The van der Waals surface area contributed by atoms with Crippen LogP contribution < -0.4 is 11.4 Å². The number of imidazole rings is 2. The van der Waals surface area contributed by atoms with E-state index >= 15 is 0 Å². The second-order valence-electron chi connectivity index (χ2n) is 7.39. The van der Waals surface area contributed by atoms with Gasteiger partial charge >= 0.3 is 5.69 Å². The minimum absolute atomic E-state index is 0.222. The number of nitrogens with one attached hydrogen (secondary N) is 2. The van der Waals surface area contributed by atoms with Crippen molar-refractivity contribution in [3.63, 3.8) is 0 Å². The molecule has 9 heteroatoms. The van der Waals surface area contributed by atoms with Crippen LogP contribution in [0.4, 0.5) is 5.82 Å². The van der Waals surface area contributed by atoms with Gasteiger partial charge in [-0.2, -0.15) is 0 Å². The fourth-order valence-electron chi connectivity index (χ4n) is 3.90. The van der Waals surface area contributed by atoms with Crippen molar-refractivity contribution < 1.29 is 0 Å². The van der Waals surface area contributed by atoms with Gasteiger partial charge in [0, 0.05) is 18.9 Å². The summed E-state index contributed by atoms with van der Waals surface area (Å²) in [5.41, 5.74) is 9.02. The Morgan fingerprint density at radius 2 is 1.73 bits per heavy atom. The number of benzene rings is 1. The quantitative estimate of drug-likeness (QED) is 0.425. The van der Waals surface area contributed by atoms with E-state index in [9.17, 15) is 4.79 Å². The molecule has 4 N–H and O–H groups in total. The molecule has 0 saturated carbocycles. The Labute approximate surface area is 194 Å². The second-order valence-corrected chi connectivity index (χ2v) is 7.39. The molecule has 0 unspecified atom stereocenters. The summed E-state index contributed by atoms with van der Waals surface area (Å²) in [6, 6.07) is 8.35. The molecular weight excluding hydrogens is 416 g/mol. The van der Waals surface area contributed by atoms with Crippen molar-refractivity contribution in [3.05, 3.63) is 58.3 Å². The van der Waals surface area contributed by atoms with Crippen LogP contribution in [-0.2, 0) is 13.1 Å². The lowest BCUT2D eigenvalue weighted by atomic mass is 10.1. The Bertz CT molecular complexity index is 1200. The molecule has 1 saturated heterocycles. The van der Waals surface area contributed by atoms with Gasteiger partial charge in [0.1, 0.15) is 5.52 Å². The fourth-order valence-corrected chi connectivity index (χ4v) is 3.90. The molecule has 1 fully saturated rings. The zero-order valence-corrected chi connectivity index (χ0v) is 19.9. The van der Waals surface area contributed by atoms with Crippen molar-refractivity contribution in [2.24, 2.45) is 0 Å². The van der Waals surface area contributed by atoms with Crippen LogP contribution in [0, 0.1) is 0 Å². The molecule has 0 aliphatic carbocycles. The molecule has 0 bridgehead atoms. The molecule has 176 valence electrons. The summed E-state index contributed by atoms with van der Waals surface area (Å²) in [5, 5.41) is 0. The Morgan fingerprint density at radius 3 is 2.39 bits per heavy atom. The number of nitrogen functional groups attached to an aromatic ring is 1. The Balaban J connectivity index is 0.000000728. The predicted molar refractivity (Wildman–Crippen MR) is 133 cm³/mol.